The van der Waals surface area contributed by atoms with Crippen molar-refractivity contribution in [3.63, 3.8) is 0 Å². The van der Waals surface area contributed by atoms with Crippen molar-refractivity contribution in [2.45, 2.75) is 32.4 Å². The molecule has 3 rings (SSSR count). The molecule has 0 aromatic heterocycles. The summed E-state index contributed by atoms with van der Waals surface area (Å²) in [6.07, 6.45) is 0.920. The highest BCUT2D eigenvalue weighted by atomic mass is 35.5. The van der Waals surface area contributed by atoms with E-state index in [4.69, 9.17) is 16.3 Å². The van der Waals surface area contributed by atoms with Crippen molar-refractivity contribution in [1.82, 2.24) is 5.32 Å². The van der Waals surface area contributed by atoms with Crippen LogP contribution in [-0.4, -0.2) is 17.8 Å². The van der Waals surface area contributed by atoms with Gasteiger partial charge in [0.2, 0.25) is 0 Å². The van der Waals surface area contributed by atoms with Crippen LogP contribution < -0.4 is 10.1 Å². The van der Waals surface area contributed by atoms with Gasteiger partial charge in [-0.15, -0.1) is 0 Å². The van der Waals surface area contributed by atoms with Gasteiger partial charge in [0.15, 0.2) is 11.5 Å². The second kappa shape index (κ2) is 6.19. The number of aromatic hydroxyl groups is 1. The first-order chi connectivity index (χ1) is 10.5. The van der Waals surface area contributed by atoms with E-state index in [-0.39, 0.29) is 17.9 Å². The number of halogens is 1. The smallest absolute Gasteiger partial charge is 0.161 e. The van der Waals surface area contributed by atoms with Gasteiger partial charge in [0, 0.05) is 11.6 Å². The summed E-state index contributed by atoms with van der Waals surface area (Å²) >= 11 is 5.98. The number of benzene rings is 2. The summed E-state index contributed by atoms with van der Waals surface area (Å²) < 4.78 is 5.72. The molecule has 0 fully saturated rings. The Hall–Kier alpha value is -1.71. The standard InChI is InChI=1S/C18H20ClNO2/c1-11(2)22-17-10-15-13(9-16(17)21)7-8-20-18(15)12-3-5-14(19)6-4-12/h3-6,9-11,18,20-21H,7-8H2,1-2H3. The topological polar surface area (TPSA) is 41.5 Å². The van der Waals surface area contributed by atoms with Crippen LogP contribution in [0.3, 0.4) is 0 Å². The minimum Gasteiger partial charge on any atom is -0.504 e. The maximum absolute atomic E-state index is 10.1. The number of nitrogens with one attached hydrogen (secondary N) is 1. The van der Waals surface area contributed by atoms with Gasteiger partial charge in [-0.1, -0.05) is 23.7 Å². The molecule has 0 spiro atoms. The zero-order chi connectivity index (χ0) is 15.7. The van der Waals surface area contributed by atoms with Gasteiger partial charge in [-0.05, 0) is 61.2 Å². The lowest BCUT2D eigenvalue weighted by Crippen LogP contribution is -2.30. The van der Waals surface area contributed by atoms with E-state index >= 15 is 0 Å². The highest BCUT2D eigenvalue weighted by Gasteiger charge is 2.23. The van der Waals surface area contributed by atoms with Crippen molar-refractivity contribution in [2.24, 2.45) is 0 Å². The fraction of sp³-hybridized carbons (Fsp3) is 0.333. The summed E-state index contributed by atoms with van der Waals surface area (Å²) in [5, 5.41) is 14.4. The van der Waals surface area contributed by atoms with Crippen LogP contribution in [0.25, 0.3) is 0 Å². The molecule has 1 aliphatic rings. The molecule has 1 unspecified atom stereocenters. The van der Waals surface area contributed by atoms with Gasteiger partial charge in [-0.2, -0.15) is 0 Å². The Bertz CT molecular complexity index is 668. The van der Waals surface area contributed by atoms with Gasteiger partial charge in [0.25, 0.3) is 0 Å². The van der Waals surface area contributed by atoms with E-state index in [0.29, 0.717) is 5.75 Å². The predicted molar refractivity (Wildman–Crippen MR) is 88.9 cm³/mol. The second-order valence-corrected chi connectivity index (χ2v) is 6.31. The summed E-state index contributed by atoms with van der Waals surface area (Å²) in [6.45, 7) is 4.78. The van der Waals surface area contributed by atoms with Crippen LogP contribution in [0.4, 0.5) is 0 Å². The Morgan fingerprint density at radius 1 is 1.23 bits per heavy atom. The maximum Gasteiger partial charge on any atom is 0.161 e. The molecule has 116 valence electrons. The Morgan fingerprint density at radius 2 is 1.95 bits per heavy atom. The molecule has 0 saturated carbocycles. The van der Waals surface area contributed by atoms with Crippen LogP contribution in [0.1, 0.15) is 36.6 Å². The summed E-state index contributed by atoms with van der Waals surface area (Å²) in [6, 6.07) is 11.7. The van der Waals surface area contributed by atoms with Crippen LogP contribution in [0.15, 0.2) is 36.4 Å². The van der Waals surface area contributed by atoms with Gasteiger partial charge in [0.05, 0.1) is 12.1 Å². The Kier molecular flexibility index (Phi) is 4.27. The van der Waals surface area contributed by atoms with Crippen molar-refractivity contribution < 1.29 is 9.84 Å². The van der Waals surface area contributed by atoms with Crippen molar-refractivity contribution >= 4 is 11.6 Å². The van der Waals surface area contributed by atoms with Gasteiger partial charge in [-0.3, -0.25) is 0 Å². The largest absolute Gasteiger partial charge is 0.504 e. The maximum atomic E-state index is 10.1. The lowest BCUT2D eigenvalue weighted by molar-refractivity contribution is 0.231. The molecule has 0 aliphatic carbocycles. The van der Waals surface area contributed by atoms with Crippen molar-refractivity contribution in [3.05, 3.63) is 58.1 Å². The fourth-order valence-corrected chi connectivity index (χ4v) is 3.00. The highest BCUT2D eigenvalue weighted by Crippen LogP contribution is 2.37. The Morgan fingerprint density at radius 3 is 2.64 bits per heavy atom. The molecule has 3 nitrogen and oxygen atoms in total. The minimum atomic E-state index is 0.0227. The third-order valence-corrected chi connectivity index (χ3v) is 4.09. The molecule has 0 bridgehead atoms. The average Bonchev–Trinajstić information content (AvgIpc) is 2.48. The SMILES string of the molecule is CC(C)Oc1cc2c(cc1O)CCNC2c1ccc(Cl)cc1. The van der Waals surface area contributed by atoms with Crippen LogP contribution in [0, 0.1) is 0 Å². The third kappa shape index (κ3) is 3.06. The number of fused-ring (bicyclic) bond motifs is 1. The third-order valence-electron chi connectivity index (χ3n) is 3.84. The molecule has 1 atom stereocenters. The molecule has 2 N–H and O–H groups in total. The molecule has 22 heavy (non-hydrogen) atoms. The van der Waals surface area contributed by atoms with E-state index < -0.39 is 0 Å². The lowest BCUT2D eigenvalue weighted by atomic mass is 9.89. The molecule has 2 aromatic carbocycles. The number of hydrogen-bond acceptors (Lipinski definition) is 3. The van der Waals surface area contributed by atoms with Gasteiger partial charge >= 0.3 is 0 Å². The number of phenols is 1. The van der Waals surface area contributed by atoms with E-state index in [1.54, 1.807) is 0 Å². The van der Waals surface area contributed by atoms with Gasteiger partial charge < -0.3 is 15.2 Å². The summed E-state index contributed by atoms with van der Waals surface area (Å²) in [7, 11) is 0. The van der Waals surface area contributed by atoms with Gasteiger partial charge in [-0.25, -0.2) is 0 Å². The molecule has 2 aromatic rings. The number of ether oxygens (including phenoxy) is 1. The quantitative estimate of drug-likeness (QED) is 0.896. The zero-order valence-electron chi connectivity index (χ0n) is 12.8. The lowest BCUT2D eigenvalue weighted by Gasteiger charge is -2.28. The molecule has 0 saturated heterocycles. The van der Waals surface area contributed by atoms with Crippen molar-refractivity contribution in [3.8, 4) is 11.5 Å². The van der Waals surface area contributed by atoms with E-state index in [1.165, 1.54) is 0 Å². The number of phenolic OH excluding ortho intramolecular Hbond substituents is 1. The second-order valence-electron chi connectivity index (χ2n) is 5.87. The Balaban J connectivity index is 2.02. The molecule has 0 radical (unpaired) electrons. The summed E-state index contributed by atoms with van der Waals surface area (Å²) in [5.74, 6) is 0.751. The van der Waals surface area contributed by atoms with Crippen molar-refractivity contribution in [2.75, 3.05) is 6.54 Å². The first-order valence-electron chi connectivity index (χ1n) is 7.56. The molecule has 4 heteroatoms. The molecule has 1 aliphatic heterocycles. The molecule has 0 amide bonds. The van der Waals surface area contributed by atoms with Crippen molar-refractivity contribution in [1.29, 1.82) is 0 Å². The van der Waals surface area contributed by atoms with Crippen LogP contribution in [-0.2, 0) is 6.42 Å². The minimum absolute atomic E-state index is 0.0227. The number of hydrogen-bond donors (Lipinski definition) is 2. The van der Waals surface area contributed by atoms with E-state index in [2.05, 4.69) is 5.32 Å². The van der Waals surface area contributed by atoms with Crippen LogP contribution in [0.5, 0.6) is 11.5 Å². The fourth-order valence-electron chi connectivity index (χ4n) is 2.87. The summed E-state index contributed by atoms with van der Waals surface area (Å²) in [4.78, 5) is 0. The molecular weight excluding hydrogens is 298 g/mol. The zero-order valence-corrected chi connectivity index (χ0v) is 13.5. The van der Waals surface area contributed by atoms with E-state index in [9.17, 15) is 5.11 Å². The molecular formula is C18H20ClNO2. The first-order valence-corrected chi connectivity index (χ1v) is 7.93. The normalized spacial score (nSPS) is 17.4. The average molecular weight is 318 g/mol. The van der Waals surface area contributed by atoms with Crippen LogP contribution >= 0.6 is 11.6 Å². The summed E-state index contributed by atoms with van der Waals surface area (Å²) in [5.41, 5.74) is 3.47. The predicted octanol–water partition coefficient (Wildman–Crippen LogP) is 4.07. The highest BCUT2D eigenvalue weighted by molar-refractivity contribution is 6.30. The van der Waals surface area contributed by atoms with E-state index in [1.807, 2.05) is 50.2 Å². The van der Waals surface area contributed by atoms with Gasteiger partial charge in [0.1, 0.15) is 0 Å². The van der Waals surface area contributed by atoms with E-state index in [0.717, 1.165) is 34.7 Å². The number of rotatable bonds is 3. The Labute approximate surface area is 135 Å². The van der Waals surface area contributed by atoms with Crippen LogP contribution in [0.2, 0.25) is 5.02 Å². The monoisotopic (exact) mass is 317 g/mol. The first kappa shape index (κ1) is 15.2. The molecule has 1 heterocycles.